The minimum absolute atomic E-state index is 0.0940. The van der Waals surface area contributed by atoms with Gasteiger partial charge in [0.25, 0.3) is 0 Å². The molecule has 1 saturated heterocycles. The Balaban J connectivity index is 1.98. The Morgan fingerprint density at radius 2 is 1.88 bits per heavy atom. The van der Waals surface area contributed by atoms with Gasteiger partial charge in [0.15, 0.2) is 0 Å². The van der Waals surface area contributed by atoms with E-state index < -0.39 is 0 Å². The second-order valence-electron chi connectivity index (χ2n) is 6.50. The van der Waals surface area contributed by atoms with Crippen molar-refractivity contribution in [2.45, 2.75) is 58.0 Å². The van der Waals surface area contributed by atoms with Crippen molar-refractivity contribution in [1.82, 2.24) is 4.90 Å². The van der Waals surface area contributed by atoms with E-state index in [9.17, 15) is 5.11 Å². The summed E-state index contributed by atoms with van der Waals surface area (Å²) in [6, 6.07) is 0.256. The number of aliphatic hydroxyl groups excluding tert-OH is 1. The van der Waals surface area contributed by atoms with E-state index in [0.29, 0.717) is 11.3 Å². The van der Waals surface area contributed by atoms with E-state index in [1.807, 2.05) is 0 Å². The molecule has 0 aromatic heterocycles. The molecule has 0 bridgehead atoms. The summed E-state index contributed by atoms with van der Waals surface area (Å²) in [5.41, 5.74) is 6.81. The van der Waals surface area contributed by atoms with Crippen molar-refractivity contribution in [1.29, 1.82) is 0 Å². The molecule has 2 atom stereocenters. The minimum Gasteiger partial charge on any atom is -0.395 e. The summed E-state index contributed by atoms with van der Waals surface area (Å²) in [5, 5.41) is 9.62. The third kappa shape index (κ3) is 2.67. The Bertz CT molecular complexity index is 249. The Morgan fingerprint density at radius 1 is 1.24 bits per heavy atom. The van der Waals surface area contributed by atoms with Crippen LogP contribution in [0.4, 0.5) is 0 Å². The fraction of sp³-hybridized carbons (Fsp3) is 1.00. The first-order chi connectivity index (χ1) is 8.08. The van der Waals surface area contributed by atoms with Crippen LogP contribution in [0.15, 0.2) is 0 Å². The van der Waals surface area contributed by atoms with Crippen molar-refractivity contribution in [3.63, 3.8) is 0 Å². The van der Waals surface area contributed by atoms with Gasteiger partial charge in [0.1, 0.15) is 0 Å². The predicted molar refractivity (Wildman–Crippen MR) is 70.8 cm³/mol. The molecule has 1 aliphatic heterocycles. The zero-order valence-electron chi connectivity index (χ0n) is 11.4. The van der Waals surface area contributed by atoms with Crippen LogP contribution in [-0.4, -0.2) is 41.8 Å². The molecule has 0 aromatic carbocycles. The predicted octanol–water partition coefficient (Wildman–Crippen LogP) is 1.60. The standard InChI is InChI=1S/C14H28N2O/c1-11(2)13(15)12(9-17)16-8-7-14(10-16)5-3-4-6-14/h11-13,17H,3-10,15H2,1-2H3. The second kappa shape index (κ2) is 5.25. The molecular formula is C14H28N2O. The van der Waals surface area contributed by atoms with E-state index >= 15 is 0 Å². The summed E-state index contributed by atoms with van der Waals surface area (Å²) in [7, 11) is 0. The van der Waals surface area contributed by atoms with Crippen molar-refractivity contribution in [2.75, 3.05) is 19.7 Å². The lowest BCUT2D eigenvalue weighted by Crippen LogP contribution is -2.52. The lowest BCUT2D eigenvalue weighted by molar-refractivity contribution is 0.100. The van der Waals surface area contributed by atoms with Gasteiger partial charge in [0.2, 0.25) is 0 Å². The first kappa shape index (κ1) is 13.3. The molecule has 3 nitrogen and oxygen atoms in total. The molecule has 0 radical (unpaired) electrons. The molecule has 1 aliphatic carbocycles. The summed E-state index contributed by atoms with van der Waals surface area (Å²) >= 11 is 0. The smallest absolute Gasteiger partial charge is 0.0602 e. The number of nitrogens with two attached hydrogens (primary N) is 1. The van der Waals surface area contributed by atoms with Gasteiger partial charge in [-0.2, -0.15) is 0 Å². The molecule has 0 aromatic rings. The molecular weight excluding hydrogens is 212 g/mol. The number of nitrogens with zero attached hydrogens (tertiary/aromatic N) is 1. The highest BCUT2D eigenvalue weighted by atomic mass is 16.3. The van der Waals surface area contributed by atoms with Crippen LogP contribution in [0.2, 0.25) is 0 Å². The molecule has 0 amide bonds. The Hall–Kier alpha value is -0.120. The maximum Gasteiger partial charge on any atom is 0.0602 e. The first-order valence-electron chi connectivity index (χ1n) is 7.18. The average Bonchev–Trinajstić information content (AvgIpc) is 2.91. The molecule has 1 heterocycles. The topological polar surface area (TPSA) is 49.5 Å². The van der Waals surface area contributed by atoms with Gasteiger partial charge in [-0.3, -0.25) is 4.90 Å². The maximum atomic E-state index is 9.62. The van der Waals surface area contributed by atoms with Gasteiger partial charge < -0.3 is 10.8 Å². The molecule has 100 valence electrons. The monoisotopic (exact) mass is 240 g/mol. The summed E-state index contributed by atoms with van der Waals surface area (Å²) in [6.07, 6.45) is 6.88. The molecule has 2 rings (SSSR count). The fourth-order valence-corrected chi connectivity index (χ4v) is 3.71. The van der Waals surface area contributed by atoms with Crippen LogP contribution in [0.3, 0.4) is 0 Å². The van der Waals surface area contributed by atoms with Gasteiger partial charge in [-0.15, -0.1) is 0 Å². The van der Waals surface area contributed by atoms with Gasteiger partial charge in [-0.05, 0) is 37.1 Å². The van der Waals surface area contributed by atoms with E-state index in [1.54, 1.807) is 0 Å². The number of rotatable bonds is 4. The zero-order chi connectivity index (χ0) is 12.5. The summed E-state index contributed by atoms with van der Waals surface area (Å²) in [5.74, 6) is 0.437. The van der Waals surface area contributed by atoms with Gasteiger partial charge in [-0.1, -0.05) is 26.7 Å². The normalized spacial score (nSPS) is 28.1. The van der Waals surface area contributed by atoms with Crippen LogP contribution in [0, 0.1) is 11.3 Å². The van der Waals surface area contributed by atoms with Gasteiger partial charge in [0.05, 0.1) is 6.61 Å². The number of aliphatic hydroxyl groups is 1. The number of likely N-dealkylation sites (tertiary alicyclic amines) is 1. The van der Waals surface area contributed by atoms with Crippen molar-refractivity contribution in [3.05, 3.63) is 0 Å². The fourth-order valence-electron chi connectivity index (χ4n) is 3.71. The molecule has 1 spiro atoms. The third-order valence-electron chi connectivity index (χ3n) is 5.00. The quantitative estimate of drug-likeness (QED) is 0.784. The van der Waals surface area contributed by atoms with E-state index in [-0.39, 0.29) is 18.7 Å². The van der Waals surface area contributed by atoms with Crippen LogP contribution in [0.1, 0.15) is 46.0 Å². The van der Waals surface area contributed by atoms with Crippen LogP contribution in [-0.2, 0) is 0 Å². The van der Waals surface area contributed by atoms with Crippen molar-refractivity contribution < 1.29 is 5.11 Å². The zero-order valence-corrected chi connectivity index (χ0v) is 11.4. The van der Waals surface area contributed by atoms with Gasteiger partial charge in [0, 0.05) is 18.6 Å². The molecule has 2 aliphatic rings. The highest BCUT2D eigenvalue weighted by Gasteiger charge is 2.43. The summed E-state index contributed by atoms with van der Waals surface area (Å²) < 4.78 is 0. The Morgan fingerprint density at radius 3 is 2.41 bits per heavy atom. The number of hydrogen-bond acceptors (Lipinski definition) is 3. The third-order valence-corrected chi connectivity index (χ3v) is 5.00. The Labute approximate surface area is 105 Å². The van der Waals surface area contributed by atoms with Crippen LogP contribution >= 0.6 is 0 Å². The average molecular weight is 240 g/mol. The van der Waals surface area contributed by atoms with Crippen molar-refractivity contribution in [3.8, 4) is 0 Å². The summed E-state index contributed by atoms with van der Waals surface area (Å²) in [6.45, 7) is 6.79. The molecule has 2 fully saturated rings. The molecule has 3 N–H and O–H groups in total. The van der Waals surface area contributed by atoms with Crippen LogP contribution in [0.5, 0.6) is 0 Å². The lowest BCUT2D eigenvalue weighted by Gasteiger charge is -2.34. The van der Waals surface area contributed by atoms with Crippen molar-refractivity contribution >= 4 is 0 Å². The van der Waals surface area contributed by atoms with E-state index in [2.05, 4.69) is 18.7 Å². The van der Waals surface area contributed by atoms with Gasteiger partial charge in [-0.25, -0.2) is 0 Å². The number of hydrogen-bond donors (Lipinski definition) is 2. The second-order valence-corrected chi connectivity index (χ2v) is 6.50. The highest BCUT2D eigenvalue weighted by molar-refractivity contribution is 4.97. The molecule has 17 heavy (non-hydrogen) atoms. The van der Waals surface area contributed by atoms with E-state index in [0.717, 1.165) is 6.54 Å². The maximum absolute atomic E-state index is 9.62. The SMILES string of the molecule is CC(C)C(N)C(CO)N1CCC2(CCCC2)C1. The minimum atomic E-state index is 0.0940. The molecule has 1 saturated carbocycles. The van der Waals surface area contributed by atoms with Crippen LogP contribution < -0.4 is 5.73 Å². The first-order valence-corrected chi connectivity index (χ1v) is 7.18. The Kier molecular flexibility index (Phi) is 4.11. The van der Waals surface area contributed by atoms with E-state index in [4.69, 9.17) is 5.73 Å². The van der Waals surface area contributed by atoms with Crippen LogP contribution in [0.25, 0.3) is 0 Å². The lowest BCUT2D eigenvalue weighted by atomic mass is 9.85. The highest BCUT2D eigenvalue weighted by Crippen LogP contribution is 2.45. The van der Waals surface area contributed by atoms with Crippen molar-refractivity contribution in [2.24, 2.45) is 17.1 Å². The summed E-state index contributed by atoms with van der Waals surface area (Å²) in [4.78, 5) is 2.45. The molecule has 2 unspecified atom stereocenters. The molecule has 3 heteroatoms. The van der Waals surface area contributed by atoms with Gasteiger partial charge >= 0.3 is 0 Å². The largest absolute Gasteiger partial charge is 0.395 e. The van der Waals surface area contributed by atoms with E-state index in [1.165, 1.54) is 38.6 Å².